The monoisotopic (exact) mass is 542 g/mol. The zero-order valence-corrected chi connectivity index (χ0v) is 19.5. The van der Waals surface area contributed by atoms with Crippen molar-refractivity contribution in [1.82, 2.24) is 9.97 Å². The molecule has 0 aliphatic rings. The van der Waals surface area contributed by atoms with Gasteiger partial charge >= 0.3 is 6.18 Å². The molecule has 0 saturated carbocycles. The number of rotatable bonds is 7. The lowest BCUT2D eigenvalue weighted by Gasteiger charge is -2.25. The van der Waals surface area contributed by atoms with E-state index < -0.39 is 11.7 Å². The van der Waals surface area contributed by atoms with E-state index in [9.17, 15) is 13.2 Å². The third-order valence-corrected chi connectivity index (χ3v) is 5.31. The van der Waals surface area contributed by atoms with Gasteiger partial charge in [-0.3, -0.25) is 0 Å². The van der Waals surface area contributed by atoms with Gasteiger partial charge in [0, 0.05) is 35.2 Å². The van der Waals surface area contributed by atoms with Crippen LogP contribution in [0.3, 0.4) is 0 Å². The zero-order chi connectivity index (χ0) is 22.6. The summed E-state index contributed by atoms with van der Waals surface area (Å²) in [6.45, 7) is 2.64. The minimum absolute atomic E-state index is 0.155. The number of hydrogen-bond acceptors (Lipinski definition) is 5. The molecule has 2 aromatic carbocycles. The Balaban J connectivity index is 1.96. The predicted octanol–water partition coefficient (Wildman–Crippen LogP) is 6.42. The summed E-state index contributed by atoms with van der Waals surface area (Å²) in [5, 5.41) is 0. The Morgan fingerprint density at radius 3 is 2.10 bits per heavy atom. The Morgan fingerprint density at radius 1 is 0.935 bits per heavy atom. The summed E-state index contributed by atoms with van der Waals surface area (Å²) in [6, 6.07) is 14.4. The average Bonchev–Trinajstić information content (AvgIpc) is 2.76. The van der Waals surface area contributed by atoms with Crippen LogP contribution in [0.4, 0.5) is 36.3 Å². The van der Waals surface area contributed by atoms with Crippen molar-refractivity contribution < 1.29 is 17.9 Å². The molecule has 0 spiro atoms. The van der Waals surface area contributed by atoms with Crippen molar-refractivity contribution in [3.05, 3.63) is 63.9 Å². The van der Waals surface area contributed by atoms with Crippen molar-refractivity contribution in [2.45, 2.75) is 19.5 Å². The first-order valence-electron chi connectivity index (χ1n) is 9.61. The fourth-order valence-corrected chi connectivity index (χ4v) is 3.23. The van der Waals surface area contributed by atoms with Gasteiger partial charge in [0.1, 0.15) is 11.3 Å². The van der Waals surface area contributed by atoms with Crippen LogP contribution in [-0.2, 0) is 6.18 Å². The van der Waals surface area contributed by atoms with Gasteiger partial charge in [-0.1, -0.05) is 6.92 Å². The lowest BCUT2D eigenvalue weighted by Crippen LogP contribution is -2.21. The van der Waals surface area contributed by atoms with Gasteiger partial charge in [0.25, 0.3) is 0 Å². The van der Waals surface area contributed by atoms with Gasteiger partial charge in [-0.15, -0.1) is 0 Å². The highest BCUT2D eigenvalue weighted by Gasteiger charge is 2.37. The average molecular weight is 542 g/mol. The number of halogens is 4. The molecule has 5 nitrogen and oxygen atoms in total. The Morgan fingerprint density at radius 2 is 1.52 bits per heavy atom. The number of nitrogens with zero attached hydrogens (tertiary/aromatic N) is 4. The quantitative estimate of drug-likeness (QED) is 0.322. The molecule has 0 bridgehead atoms. The minimum atomic E-state index is -4.58. The maximum absolute atomic E-state index is 13.7. The first-order valence-corrected chi connectivity index (χ1v) is 10.7. The minimum Gasteiger partial charge on any atom is -0.494 e. The fraction of sp³-hybridized carbons (Fsp3) is 0.273. The van der Waals surface area contributed by atoms with E-state index in [4.69, 9.17) is 4.74 Å². The highest BCUT2D eigenvalue weighted by Crippen LogP contribution is 2.38. The van der Waals surface area contributed by atoms with Crippen LogP contribution in [-0.4, -0.2) is 30.7 Å². The fourth-order valence-electron chi connectivity index (χ4n) is 2.87. The second kappa shape index (κ2) is 9.71. The Labute approximate surface area is 193 Å². The molecule has 0 N–H and O–H groups in total. The van der Waals surface area contributed by atoms with Gasteiger partial charge in [0.2, 0.25) is 5.95 Å². The number of alkyl halides is 3. The van der Waals surface area contributed by atoms with Crippen LogP contribution in [0.15, 0.2) is 54.7 Å². The van der Waals surface area contributed by atoms with Crippen molar-refractivity contribution in [2.75, 3.05) is 30.5 Å². The van der Waals surface area contributed by atoms with Crippen LogP contribution in [0.2, 0.25) is 0 Å². The molecule has 0 unspecified atom stereocenters. The van der Waals surface area contributed by atoms with E-state index in [2.05, 4.69) is 32.6 Å². The van der Waals surface area contributed by atoms with Gasteiger partial charge in [0.05, 0.1) is 6.61 Å². The van der Waals surface area contributed by atoms with E-state index in [-0.39, 0.29) is 11.8 Å². The third kappa shape index (κ3) is 5.57. The molecule has 3 rings (SSSR count). The molecule has 0 fully saturated rings. The number of anilines is 4. The molecule has 164 valence electrons. The molecule has 31 heavy (non-hydrogen) atoms. The summed E-state index contributed by atoms with van der Waals surface area (Å²) in [5.41, 5.74) is 0.427. The van der Waals surface area contributed by atoms with Crippen LogP contribution in [0, 0.1) is 3.57 Å². The summed E-state index contributed by atoms with van der Waals surface area (Å²) in [6.07, 6.45) is -2.85. The van der Waals surface area contributed by atoms with Gasteiger partial charge in [-0.05, 0) is 77.5 Å². The van der Waals surface area contributed by atoms with Gasteiger partial charge < -0.3 is 14.5 Å². The molecule has 0 atom stereocenters. The van der Waals surface area contributed by atoms with Crippen LogP contribution < -0.4 is 14.5 Å². The van der Waals surface area contributed by atoms with Gasteiger partial charge in [0.15, 0.2) is 5.82 Å². The van der Waals surface area contributed by atoms with Crippen molar-refractivity contribution in [3.63, 3.8) is 0 Å². The van der Waals surface area contributed by atoms with E-state index in [0.29, 0.717) is 12.3 Å². The molecule has 0 radical (unpaired) electrons. The standard InChI is InChI=1S/C22H22F3IN4O/c1-4-13-31-18-11-9-17(10-12-18)30(3)21-27-14-19(22(23,24)25)20(28-21)29(2)16-7-5-15(26)6-8-16/h5-12,14H,4,13H2,1-3H3. The molecule has 0 saturated heterocycles. The Bertz CT molecular complexity index is 1010. The molecule has 9 heteroatoms. The maximum atomic E-state index is 13.7. The lowest BCUT2D eigenvalue weighted by molar-refractivity contribution is -0.137. The SMILES string of the molecule is CCCOc1ccc(N(C)c2ncc(C(F)(F)F)c(N(C)c3ccc(I)cc3)n2)cc1. The van der Waals surface area contributed by atoms with E-state index in [0.717, 1.165) is 27.6 Å². The summed E-state index contributed by atoms with van der Waals surface area (Å²) in [5.74, 6) is 0.669. The van der Waals surface area contributed by atoms with Crippen molar-refractivity contribution in [1.29, 1.82) is 0 Å². The summed E-state index contributed by atoms with van der Waals surface area (Å²) in [7, 11) is 3.27. The molecular weight excluding hydrogens is 520 g/mol. The van der Waals surface area contributed by atoms with Gasteiger partial charge in [-0.25, -0.2) is 4.98 Å². The van der Waals surface area contributed by atoms with E-state index in [1.165, 1.54) is 4.90 Å². The van der Waals surface area contributed by atoms with E-state index in [1.807, 2.05) is 43.3 Å². The maximum Gasteiger partial charge on any atom is 0.421 e. The van der Waals surface area contributed by atoms with Crippen LogP contribution >= 0.6 is 22.6 Å². The number of hydrogen-bond donors (Lipinski definition) is 0. The van der Waals surface area contributed by atoms with Crippen molar-refractivity contribution >= 4 is 45.7 Å². The van der Waals surface area contributed by atoms with Crippen molar-refractivity contribution in [3.8, 4) is 5.75 Å². The number of aromatic nitrogens is 2. The lowest BCUT2D eigenvalue weighted by atomic mass is 10.2. The normalized spacial score (nSPS) is 11.3. The summed E-state index contributed by atoms with van der Waals surface area (Å²) < 4.78 is 47.5. The van der Waals surface area contributed by atoms with Gasteiger partial charge in [-0.2, -0.15) is 18.2 Å². The zero-order valence-electron chi connectivity index (χ0n) is 17.3. The molecule has 0 aliphatic heterocycles. The topological polar surface area (TPSA) is 41.5 Å². The second-order valence-corrected chi connectivity index (χ2v) is 8.09. The van der Waals surface area contributed by atoms with Crippen LogP contribution in [0.25, 0.3) is 0 Å². The Kier molecular flexibility index (Phi) is 7.24. The highest BCUT2D eigenvalue weighted by atomic mass is 127. The van der Waals surface area contributed by atoms with Crippen molar-refractivity contribution in [2.24, 2.45) is 0 Å². The molecule has 3 aromatic rings. The smallest absolute Gasteiger partial charge is 0.421 e. The second-order valence-electron chi connectivity index (χ2n) is 6.84. The molecule has 0 aliphatic carbocycles. The first kappa shape index (κ1) is 23.1. The molecule has 1 aromatic heterocycles. The summed E-state index contributed by atoms with van der Waals surface area (Å²) >= 11 is 2.14. The van der Waals surface area contributed by atoms with E-state index >= 15 is 0 Å². The predicted molar refractivity (Wildman–Crippen MR) is 125 cm³/mol. The van der Waals surface area contributed by atoms with Crippen LogP contribution in [0.1, 0.15) is 18.9 Å². The largest absolute Gasteiger partial charge is 0.494 e. The third-order valence-electron chi connectivity index (χ3n) is 4.59. The number of ether oxygens (including phenoxy) is 1. The highest BCUT2D eigenvalue weighted by molar-refractivity contribution is 14.1. The summed E-state index contributed by atoms with van der Waals surface area (Å²) in [4.78, 5) is 11.3. The van der Waals surface area contributed by atoms with E-state index in [1.54, 1.807) is 31.1 Å². The molecular formula is C22H22F3IN4O. The Hall–Kier alpha value is -2.56. The molecule has 1 heterocycles. The first-order chi connectivity index (χ1) is 14.7. The van der Waals surface area contributed by atoms with Crippen LogP contribution in [0.5, 0.6) is 5.75 Å². The number of benzene rings is 2. The molecule has 0 amide bonds.